The minimum Gasteiger partial charge on any atom is -0.337 e. The minimum atomic E-state index is 0.0446. The molecule has 1 atom stereocenters. The fourth-order valence-corrected chi connectivity index (χ4v) is 4.30. The van der Waals surface area contributed by atoms with Gasteiger partial charge in [0.2, 0.25) is 0 Å². The van der Waals surface area contributed by atoms with Gasteiger partial charge in [0.15, 0.2) is 0 Å². The Labute approximate surface area is 163 Å². The molecule has 0 radical (unpaired) electrons. The molecule has 0 N–H and O–H groups in total. The molecule has 1 unspecified atom stereocenters. The van der Waals surface area contributed by atoms with Crippen LogP contribution < -0.4 is 0 Å². The van der Waals surface area contributed by atoms with Crippen LogP contribution in [-0.4, -0.2) is 38.5 Å². The topological polar surface area (TPSA) is 59.0 Å². The molecule has 0 saturated carbocycles. The minimum absolute atomic E-state index is 0.0446. The first kappa shape index (κ1) is 17.8. The summed E-state index contributed by atoms with van der Waals surface area (Å²) in [5, 5.41) is 3.98. The van der Waals surface area contributed by atoms with Crippen molar-refractivity contribution < 1.29 is 4.79 Å². The largest absolute Gasteiger partial charge is 0.337 e. The molecular formula is C21H22N4OS. The van der Waals surface area contributed by atoms with Crippen LogP contribution >= 0.6 is 11.5 Å². The van der Waals surface area contributed by atoms with Crippen molar-refractivity contribution in [2.45, 2.75) is 32.6 Å². The number of carbonyl (C=O) groups is 1. The van der Waals surface area contributed by atoms with E-state index in [1.54, 1.807) is 0 Å². The summed E-state index contributed by atoms with van der Waals surface area (Å²) in [6.45, 7) is 5.35. The summed E-state index contributed by atoms with van der Waals surface area (Å²) in [5.74, 6) is 0.300. The van der Waals surface area contributed by atoms with Crippen molar-refractivity contribution in [3.63, 3.8) is 0 Å². The predicted octanol–water partition coefficient (Wildman–Crippen LogP) is 4.24. The van der Waals surface area contributed by atoms with Gasteiger partial charge in [-0.05, 0) is 61.5 Å². The van der Waals surface area contributed by atoms with Gasteiger partial charge in [0.05, 0.1) is 5.69 Å². The molecule has 1 aliphatic rings. The van der Waals surface area contributed by atoms with Gasteiger partial charge in [-0.2, -0.15) is 0 Å². The van der Waals surface area contributed by atoms with Gasteiger partial charge < -0.3 is 4.90 Å². The van der Waals surface area contributed by atoms with Crippen molar-refractivity contribution in [2.75, 3.05) is 13.1 Å². The number of aryl methyl sites for hydroxylation is 2. The smallest absolute Gasteiger partial charge is 0.267 e. The van der Waals surface area contributed by atoms with Gasteiger partial charge in [0.1, 0.15) is 4.88 Å². The highest BCUT2D eigenvalue weighted by atomic mass is 32.1. The molecule has 27 heavy (non-hydrogen) atoms. The number of likely N-dealkylation sites (tertiary alicyclic amines) is 1. The first-order chi connectivity index (χ1) is 13.1. The number of piperidine rings is 1. The molecule has 4 rings (SSSR count). The summed E-state index contributed by atoms with van der Waals surface area (Å²) in [6.07, 6.45) is 2.03. The van der Waals surface area contributed by atoms with Crippen LogP contribution in [0.5, 0.6) is 0 Å². The highest BCUT2D eigenvalue weighted by Crippen LogP contribution is 2.30. The Bertz CT molecular complexity index is 954. The van der Waals surface area contributed by atoms with Crippen LogP contribution in [0.4, 0.5) is 0 Å². The molecule has 1 amide bonds. The van der Waals surface area contributed by atoms with E-state index in [4.69, 9.17) is 4.98 Å². The van der Waals surface area contributed by atoms with E-state index in [-0.39, 0.29) is 11.8 Å². The highest BCUT2D eigenvalue weighted by Gasteiger charge is 2.28. The summed E-state index contributed by atoms with van der Waals surface area (Å²) in [5.41, 5.74) is 5.18. The van der Waals surface area contributed by atoms with Crippen LogP contribution in [-0.2, 0) is 0 Å². The number of hydrogen-bond donors (Lipinski definition) is 0. The van der Waals surface area contributed by atoms with Gasteiger partial charge in [-0.1, -0.05) is 34.8 Å². The van der Waals surface area contributed by atoms with Crippen molar-refractivity contribution >= 4 is 17.4 Å². The van der Waals surface area contributed by atoms with Crippen LogP contribution in [0.15, 0.2) is 42.5 Å². The fraction of sp³-hybridized carbons (Fsp3) is 0.333. The van der Waals surface area contributed by atoms with Crippen molar-refractivity contribution in [1.82, 2.24) is 19.5 Å². The Morgan fingerprint density at radius 2 is 1.96 bits per heavy atom. The number of benzene rings is 1. The van der Waals surface area contributed by atoms with Crippen molar-refractivity contribution in [3.8, 4) is 11.1 Å². The fourth-order valence-electron chi connectivity index (χ4n) is 3.67. The molecule has 1 fully saturated rings. The normalized spacial score (nSPS) is 17.1. The number of rotatable bonds is 3. The second-order valence-electron chi connectivity index (χ2n) is 7.07. The van der Waals surface area contributed by atoms with Crippen LogP contribution in [0.25, 0.3) is 11.1 Å². The first-order valence-electron chi connectivity index (χ1n) is 9.24. The average molecular weight is 379 g/mol. The molecule has 6 heteroatoms. The Morgan fingerprint density at radius 3 is 2.70 bits per heavy atom. The maximum atomic E-state index is 12.8. The van der Waals surface area contributed by atoms with Crippen molar-refractivity contribution in [1.29, 1.82) is 0 Å². The van der Waals surface area contributed by atoms with E-state index in [9.17, 15) is 4.79 Å². The lowest BCUT2D eigenvalue weighted by atomic mass is 9.92. The molecule has 0 bridgehead atoms. The average Bonchev–Trinajstić information content (AvgIpc) is 3.13. The standard InChI is InChI=1S/C21H22N4OS/c1-14-11-18(16-7-4-3-5-8-16)12-19(22-14)17-9-6-10-25(13-17)21(26)20-15(2)23-24-27-20/h3-5,7-8,11-12,17H,6,9-10,13H2,1-2H3. The molecule has 1 aromatic carbocycles. The van der Waals surface area contributed by atoms with Gasteiger partial charge in [-0.15, -0.1) is 5.10 Å². The van der Waals surface area contributed by atoms with Crippen molar-refractivity contribution in [2.24, 2.45) is 0 Å². The summed E-state index contributed by atoms with van der Waals surface area (Å²) in [7, 11) is 0. The van der Waals surface area contributed by atoms with Gasteiger partial charge in [-0.25, -0.2) is 0 Å². The third-order valence-corrected chi connectivity index (χ3v) is 5.87. The molecule has 0 spiro atoms. The summed E-state index contributed by atoms with van der Waals surface area (Å²) >= 11 is 1.18. The molecule has 138 valence electrons. The monoisotopic (exact) mass is 378 g/mol. The van der Waals surface area contributed by atoms with E-state index in [0.717, 1.165) is 30.8 Å². The van der Waals surface area contributed by atoms with Crippen LogP contribution in [0.3, 0.4) is 0 Å². The number of nitrogens with zero attached hydrogens (tertiary/aromatic N) is 4. The van der Waals surface area contributed by atoms with Crippen LogP contribution in [0.1, 0.15) is 45.5 Å². The quantitative estimate of drug-likeness (QED) is 0.684. The zero-order valence-electron chi connectivity index (χ0n) is 15.6. The van der Waals surface area contributed by atoms with E-state index >= 15 is 0 Å². The van der Waals surface area contributed by atoms with Gasteiger partial charge >= 0.3 is 0 Å². The third-order valence-electron chi connectivity index (χ3n) is 5.05. The lowest BCUT2D eigenvalue weighted by Gasteiger charge is -2.32. The summed E-state index contributed by atoms with van der Waals surface area (Å²) < 4.78 is 3.90. The lowest BCUT2D eigenvalue weighted by Crippen LogP contribution is -2.39. The number of aromatic nitrogens is 3. The Balaban J connectivity index is 1.59. The predicted molar refractivity (Wildman–Crippen MR) is 107 cm³/mol. The molecule has 1 saturated heterocycles. The van der Waals surface area contributed by atoms with E-state index < -0.39 is 0 Å². The molecule has 3 aromatic rings. The summed E-state index contributed by atoms with van der Waals surface area (Å²) in [4.78, 5) is 20.2. The van der Waals surface area contributed by atoms with Gasteiger partial charge in [0.25, 0.3) is 5.91 Å². The second kappa shape index (κ2) is 7.56. The Kier molecular flexibility index (Phi) is 4.99. The van der Waals surface area contributed by atoms with Gasteiger partial charge in [0, 0.05) is 30.4 Å². The maximum absolute atomic E-state index is 12.8. The van der Waals surface area contributed by atoms with Crippen LogP contribution in [0.2, 0.25) is 0 Å². The third kappa shape index (κ3) is 3.76. The van der Waals surface area contributed by atoms with Crippen LogP contribution in [0, 0.1) is 13.8 Å². The summed E-state index contributed by atoms with van der Waals surface area (Å²) in [6, 6.07) is 14.7. The lowest BCUT2D eigenvalue weighted by molar-refractivity contribution is 0.0710. The zero-order chi connectivity index (χ0) is 18.8. The number of pyridine rings is 1. The molecule has 3 heterocycles. The number of hydrogen-bond acceptors (Lipinski definition) is 5. The van der Waals surface area contributed by atoms with Crippen molar-refractivity contribution in [3.05, 3.63) is 64.4 Å². The Morgan fingerprint density at radius 1 is 1.15 bits per heavy atom. The molecule has 2 aromatic heterocycles. The number of amides is 1. The first-order valence-corrected chi connectivity index (χ1v) is 10.0. The SMILES string of the molecule is Cc1cc(-c2ccccc2)cc(C2CCCN(C(=O)c3snnc3C)C2)n1. The van der Waals surface area contributed by atoms with E-state index in [2.05, 4.69) is 46.0 Å². The maximum Gasteiger partial charge on any atom is 0.267 e. The molecule has 5 nitrogen and oxygen atoms in total. The zero-order valence-corrected chi connectivity index (χ0v) is 16.4. The number of carbonyl (C=O) groups excluding carboxylic acids is 1. The second-order valence-corrected chi connectivity index (χ2v) is 7.82. The Hall–Kier alpha value is -2.60. The highest BCUT2D eigenvalue weighted by molar-refractivity contribution is 7.07. The molecular weight excluding hydrogens is 356 g/mol. The molecule has 1 aliphatic heterocycles. The van der Waals surface area contributed by atoms with Gasteiger partial charge in [-0.3, -0.25) is 9.78 Å². The molecule has 0 aliphatic carbocycles. The van der Waals surface area contributed by atoms with E-state index in [1.165, 1.54) is 22.7 Å². The van der Waals surface area contributed by atoms with E-state index in [1.807, 2.05) is 24.8 Å². The van der Waals surface area contributed by atoms with E-state index in [0.29, 0.717) is 17.1 Å².